The Hall–Kier alpha value is -2.75. The van der Waals surface area contributed by atoms with Gasteiger partial charge >= 0.3 is 0 Å². The van der Waals surface area contributed by atoms with Crippen LogP contribution in [0.25, 0.3) is 0 Å². The predicted molar refractivity (Wildman–Crippen MR) is 133 cm³/mol. The zero-order chi connectivity index (χ0) is 24.9. The average molecular weight is 487 g/mol. The van der Waals surface area contributed by atoms with Crippen molar-refractivity contribution in [3.63, 3.8) is 0 Å². The van der Waals surface area contributed by atoms with Crippen LogP contribution in [0.5, 0.6) is 0 Å². The van der Waals surface area contributed by atoms with E-state index in [4.69, 9.17) is 0 Å². The highest BCUT2D eigenvalue weighted by atomic mass is 32.2. The summed E-state index contributed by atoms with van der Waals surface area (Å²) < 4.78 is 27.2. The van der Waals surface area contributed by atoms with E-state index in [0.717, 1.165) is 6.54 Å². The van der Waals surface area contributed by atoms with Gasteiger partial charge in [-0.2, -0.15) is 4.31 Å². The number of nitrogens with zero attached hydrogens (tertiary/aromatic N) is 3. The Morgan fingerprint density at radius 3 is 2.38 bits per heavy atom. The van der Waals surface area contributed by atoms with Gasteiger partial charge in [0.2, 0.25) is 21.8 Å². The second kappa shape index (κ2) is 11.1. The number of anilines is 1. The third kappa shape index (κ3) is 5.65. The molecule has 0 saturated heterocycles. The van der Waals surface area contributed by atoms with Crippen molar-refractivity contribution < 1.29 is 18.0 Å². The molecule has 3 rings (SSSR count). The van der Waals surface area contributed by atoms with Crippen LogP contribution in [0.15, 0.2) is 53.4 Å². The van der Waals surface area contributed by atoms with Crippen molar-refractivity contribution in [2.45, 2.75) is 44.7 Å². The molecular formula is C25H34N4O4S. The number of likely N-dealkylation sites (N-methyl/N-ethyl adjacent to an activating group) is 1. The molecule has 9 heteroatoms. The van der Waals surface area contributed by atoms with Crippen molar-refractivity contribution in [3.05, 3.63) is 59.7 Å². The Kier molecular flexibility index (Phi) is 8.46. The molecule has 0 radical (unpaired) electrons. The highest BCUT2D eigenvalue weighted by Crippen LogP contribution is 2.34. The van der Waals surface area contributed by atoms with Crippen molar-refractivity contribution in [2.75, 3.05) is 38.1 Å². The van der Waals surface area contributed by atoms with Crippen LogP contribution < -0.4 is 10.2 Å². The summed E-state index contributed by atoms with van der Waals surface area (Å²) in [5.41, 5.74) is 2.47. The van der Waals surface area contributed by atoms with Gasteiger partial charge in [0.1, 0.15) is 6.04 Å². The summed E-state index contributed by atoms with van der Waals surface area (Å²) in [5.74, 6) is -0.493. The average Bonchev–Trinajstić information content (AvgIpc) is 3.19. The Labute approximate surface area is 202 Å². The van der Waals surface area contributed by atoms with Crippen molar-refractivity contribution in [3.8, 4) is 0 Å². The first-order chi connectivity index (χ1) is 16.2. The van der Waals surface area contributed by atoms with Gasteiger partial charge in [0, 0.05) is 51.8 Å². The van der Waals surface area contributed by atoms with Crippen molar-refractivity contribution in [1.29, 1.82) is 0 Å². The van der Waals surface area contributed by atoms with Crippen LogP contribution in [0, 0.1) is 0 Å². The maximum atomic E-state index is 13.0. The number of hydrogen-bond donors (Lipinski definition) is 1. The van der Waals surface area contributed by atoms with Crippen LogP contribution in [-0.2, 0) is 32.6 Å². The number of amides is 2. The smallest absolute Gasteiger partial charge is 0.243 e. The number of carbonyl (C=O) groups is 2. The highest BCUT2D eigenvalue weighted by Gasteiger charge is 2.37. The Bertz CT molecular complexity index is 1120. The first-order valence-corrected chi connectivity index (χ1v) is 13.1. The standard InChI is InChI=1S/C25H34N4O4S/c1-5-28(6-2)34(32,33)22-12-13-23-21(16-22)17-24(29(23)19(3)30)25(31)26-14-15-27(4)18-20-10-8-7-9-11-20/h7-13,16,24H,5-6,14-15,17-18H2,1-4H3,(H,26,31). The first-order valence-electron chi connectivity index (χ1n) is 11.6. The zero-order valence-corrected chi connectivity index (χ0v) is 21.1. The summed E-state index contributed by atoms with van der Waals surface area (Å²) in [6.45, 7) is 7.64. The van der Waals surface area contributed by atoms with Gasteiger partial charge in [-0.1, -0.05) is 44.2 Å². The minimum Gasteiger partial charge on any atom is -0.353 e. The van der Waals surface area contributed by atoms with Crippen LogP contribution >= 0.6 is 0 Å². The molecule has 1 atom stereocenters. The Morgan fingerprint density at radius 1 is 1.09 bits per heavy atom. The van der Waals surface area contributed by atoms with Crippen LogP contribution in [-0.4, -0.2) is 68.7 Å². The summed E-state index contributed by atoms with van der Waals surface area (Å²) >= 11 is 0. The summed E-state index contributed by atoms with van der Waals surface area (Å²) in [7, 11) is -1.63. The van der Waals surface area contributed by atoms with E-state index in [1.165, 1.54) is 27.8 Å². The van der Waals surface area contributed by atoms with Crippen LogP contribution in [0.4, 0.5) is 5.69 Å². The third-order valence-electron chi connectivity index (χ3n) is 6.11. The number of benzene rings is 2. The van der Waals surface area contributed by atoms with E-state index in [0.29, 0.717) is 37.4 Å². The molecule has 2 amide bonds. The molecule has 0 fully saturated rings. The largest absolute Gasteiger partial charge is 0.353 e. The van der Waals surface area contributed by atoms with E-state index in [9.17, 15) is 18.0 Å². The fraction of sp³-hybridized carbons (Fsp3) is 0.440. The molecule has 0 aliphatic carbocycles. The lowest BCUT2D eigenvalue weighted by atomic mass is 10.1. The molecule has 0 aromatic heterocycles. The summed E-state index contributed by atoms with van der Waals surface area (Å²) in [6.07, 6.45) is 0.280. The normalized spacial score (nSPS) is 15.6. The van der Waals surface area contributed by atoms with Gasteiger partial charge in [0.15, 0.2) is 0 Å². The molecule has 1 N–H and O–H groups in total. The molecule has 34 heavy (non-hydrogen) atoms. The second-order valence-corrected chi connectivity index (χ2v) is 10.4. The van der Waals surface area contributed by atoms with Gasteiger partial charge in [-0.05, 0) is 36.4 Å². The van der Waals surface area contributed by atoms with Gasteiger partial charge in [-0.15, -0.1) is 0 Å². The van der Waals surface area contributed by atoms with E-state index >= 15 is 0 Å². The topological polar surface area (TPSA) is 90.0 Å². The van der Waals surface area contributed by atoms with Gasteiger partial charge in [-0.3, -0.25) is 14.5 Å². The van der Waals surface area contributed by atoms with Gasteiger partial charge in [-0.25, -0.2) is 8.42 Å². The fourth-order valence-electron chi connectivity index (χ4n) is 4.36. The van der Waals surface area contributed by atoms with Crippen LogP contribution in [0.1, 0.15) is 31.9 Å². The predicted octanol–water partition coefficient (Wildman–Crippen LogP) is 2.24. The Balaban J connectivity index is 1.68. The summed E-state index contributed by atoms with van der Waals surface area (Å²) in [6, 6.07) is 14.1. The van der Waals surface area contributed by atoms with Crippen molar-refractivity contribution in [2.24, 2.45) is 0 Å². The van der Waals surface area contributed by atoms with E-state index in [1.54, 1.807) is 26.0 Å². The Morgan fingerprint density at radius 2 is 1.76 bits per heavy atom. The molecule has 1 aliphatic rings. The fourth-order valence-corrected chi connectivity index (χ4v) is 5.87. The number of carbonyl (C=O) groups excluding carboxylic acids is 2. The zero-order valence-electron chi connectivity index (χ0n) is 20.3. The lowest BCUT2D eigenvalue weighted by molar-refractivity contribution is -0.125. The van der Waals surface area contributed by atoms with E-state index in [1.807, 2.05) is 25.2 Å². The number of fused-ring (bicyclic) bond motifs is 1. The maximum absolute atomic E-state index is 13.0. The lowest BCUT2D eigenvalue weighted by Crippen LogP contribution is -2.48. The van der Waals surface area contributed by atoms with Crippen molar-refractivity contribution >= 4 is 27.5 Å². The van der Waals surface area contributed by atoms with E-state index in [2.05, 4.69) is 22.3 Å². The highest BCUT2D eigenvalue weighted by molar-refractivity contribution is 7.89. The van der Waals surface area contributed by atoms with E-state index in [-0.39, 0.29) is 23.1 Å². The van der Waals surface area contributed by atoms with Crippen LogP contribution in [0.2, 0.25) is 0 Å². The van der Waals surface area contributed by atoms with Gasteiger partial charge < -0.3 is 10.2 Å². The number of rotatable bonds is 10. The van der Waals surface area contributed by atoms with E-state index < -0.39 is 16.1 Å². The first kappa shape index (κ1) is 25.9. The molecule has 184 valence electrons. The van der Waals surface area contributed by atoms with Crippen LogP contribution in [0.3, 0.4) is 0 Å². The van der Waals surface area contributed by atoms with Crippen molar-refractivity contribution in [1.82, 2.24) is 14.5 Å². The number of nitrogens with one attached hydrogen (secondary N) is 1. The minimum atomic E-state index is -3.62. The molecular weight excluding hydrogens is 452 g/mol. The molecule has 8 nitrogen and oxygen atoms in total. The molecule has 1 aliphatic heterocycles. The molecule has 0 bridgehead atoms. The molecule has 0 spiro atoms. The molecule has 0 saturated carbocycles. The van der Waals surface area contributed by atoms with Gasteiger partial charge in [0.25, 0.3) is 0 Å². The lowest BCUT2D eigenvalue weighted by Gasteiger charge is -2.24. The minimum absolute atomic E-state index is 0.182. The molecule has 1 unspecified atom stereocenters. The van der Waals surface area contributed by atoms with Gasteiger partial charge in [0.05, 0.1) is 4.90 Å². The quantitative estimate of drug-likeness (QED) is 0.556. The molecule has 1 heterocycles. The summed E-state index contributed by atoms with van der Waals surface area (Å²) in [4.78, 5) is 29.2. The molecule has 2 aromatic rings. The second-order valence-electron chi connectivity index (χ2n) is 8.50. The molecule has 2 aromatic carbocycles. The monoisotopic (exact) mass is 486 g/mol. The summed E-state index contributed by atoms with van der Waals surface area (Å²) in [5, 5.41) is 2.94. The maximum Gasteiger partial charge on any atom is 0.243 e. The number of sulfonamides is 1. The third-order valence-corrected chi connectivity index (χ3v) is 8.15. The number of hydrogen-bond acceptors (Lipinski definition) is 5. The SMILES string of the molecule is CCN(CC)S(=O)(=O)c1ccc2c(c1)CC(C(=O)NCCN(C)Cc1ccccc1)N2C(C)=O.